The third-order valence-corrected chi connectivity index (χ3v) is 12.1. The number of hydrogen-bond acceptors (Lipinski definition) is 17. The number of nitrogens with one attached hydrogen (secondary N) is 10. The normalized spacial score (nSPS) is 15.1. The molecule has 0 saturated heterocycles. The second-order valence-corrected chi connectivity index (χ2v) is 18.6. The van der Waals surface area contributed by atoms with E-state index >= 15 is 0 Å². The number of aromatic amines is 2. The summed E-state index contributed by atoms with van der Waals surface area (Å²) < 4.78 is 0. The molecule has 0 spiro atoms. The van der Waals surface area contributed by atoms with Crippen LogP contribution < -0.4 is 59.7 Å². The Morgan fingerprint density at radius 1 is 0.560 bits per heavy atom. The van der Waals surface area contributed by atoms with E-state index in [1.165, 1.54) is 25.0 Å². The molecule has 2 rings (SSSR count). The SMILES string of the molecule is CC[C@H](C)[C@H](NC(=O)[C@H](Cc1cnc[nH]1)NC(=O)[C@H](CC(N)=O)NC(=O)[C@H](Cc1cnc[nH]1)NC(=O)[C@H](CCC(=O)O)NC(=O)[C@H](CCC(N)=O)NC(=O)[C@@H](N)CS)C(=O)N[C@@H](CS)C(=O)N[C@@H](CC(C)C)C(=O)O. The summed E-state index contributed by atoms with van der Waals surface area (Å²) in [5, 5.41) is 38.5. The third-order valence-electron chi connectivity index (χ3n) is 11.3. The maximum absolute atomic E-state index is 14.2. The van der Waals surface area contributed by atoms with Crippen LogP contribution in [-0.4, -0.2) is 167 Å². The van der Waals surface area contributed by atoms with Crippen molar-refractivity contribution >= 4 is 96.3 Å². The number of aromatic nitrogens is 4. The highest BCUT2D eigenvalue weighted by atomic mass is 32.1. The molecule has 0 aliphatic heterocycles. The van der Waals surface area contributed by atoms with Gasteiger partial charge in [0, 0.05) is 61.0 Å². The molecule has 0 saturated carbocycles. The highest BCUT2D eigenvalue weighted by molar-refractivity contribution is 7.80. The first-order valence-electron chi connectivity index (χ1n) is 23.7. The summed E-state index contributed by atoms with van der Waals surface area (Å²) in [6.07, 6.45) is 1.92. The number of rotatable bonds is 35. The highest BCUT2D eigenvalue weighted by Crippen LogP contribution is 2.13. The van der Waals surface area contributed by atoms with Gasteiger partial charge >= 0.3 is 11.9 Å². The molecular formula is C44H69N15O14S2. The van der Waals surface area contributed by atoms with Gasteiger partial charge < -0.3 is 79.9 Å². The van der Waals surface area contributed by atoms with Gasteiger partial charge in [-0.05, 0) is 31.1 Å². The van der Waals surface area contributed by atoms with Crippen molar-refractivity contribution in [2.75, 3.05) is 11.5 Å². The molecule has 29 nitrogen and oxygen atoms in total. The van der Waals surface area contributed by atoms with Crippen LogP contribution in [-0.2, 0) is 70.4 Å². The Kier molecular flexibility index (Phi) is 27.3. The van der Waals surface area contributed by atoms with Gasteiger partial charge in [0.05, 0.1) is 25.1 Å². The lowest BCUT2D eigenvalue weighted by molar-refractivity contribution is -0.142. The van der Waals surface area contributed by atoms with Gasteiger partial charge in [-0.1, -0.05) is 34.1 Å². The summed E-state index contributed by atoms with van der Waals surface area (Å²) >= 11 is 8.13. The van der Waals surface area contributed by atoms with Gasteiger partial charge in [-0.3, -0.25) is 52.7 Å². The quantitative estimate of drug-likeness (QED) is 0.0288. The van der Waals surface area contributed by atoms with Gasteiger partial charge in [0.25, 0.3) is 0 Å². The summed E-state index contributed by atoms with van der Waals surface area (Å²) in [7, 11) is 0. The molecule has 10 atom stereocenters. The number of hydrogen-bond donors (Lipinski definition) is 17. The first-order valence-corrected chi connectivity index (χ1v) is 24.9. The Morgan fingerprint density at radius 2 is 0.987 bits per heavy atom. The Bertz CT molecular complexity index is 2290. The molecule has 31 heteroatoms. The maximum Gasteiger partial charge on any atom is 0.326 e. The Balaban J connectivity index is 2.48. The smallest absolute Gasteiger partial charge is 0.326 e. The largest absolute Gasteiger partial charge is 0.481 e. The molecule has 2 aromatic rings. The molecule has 2 heterocycles. The van der Waals surface area contributed by atoms with Crippen LogP contribution in [0.5, 0.6) is 0 Å². The van der Waals surface area contributed by atoms with Crippen LogP contribution in [0, 0.1) is 11.8 Å². The van der Waals surface area contributed by atoms with Crippen molar-refractivity contribution in [1.29, 1.82) is 0 Å². The second-order valence-electron chi connectivity index (χ2n) is 17.9. The minimum absolute atomic E-state index is 0.0917. The predicted molar refractivity (Wildman–Crippen MR) is 271 cm³/mol. The molecule has 0 radical (unpaired) electrons. The number of H-pyrrole nitrogens is 2. The fraction of sp³-hybridized carbons (Fsp3) is 0.591. The van der Waals surface area contributed by atoms with Crippen molar-refractivity contribution in [3.8, 4) is 0 Å². The zero-order chi connectivity index (χ0) is 56.5. The first kappa shape index (κ1) is 63.8. The molecule has 0 aliphatic rings. The summed E-state index contributed by atoms with van der Waals surface area (Å²) in [6, 6.07) is -13.5. The van der Waals surface area contributed by atoms with Crippen molar-refractivity contribution in [1.82, 2.24) is 62.5 Å². The molecule has 0 fully saturated rings. The zero-order valence-corrected chi connectivity index (χ0v) is 43.5. The number of carbonyl (C=O) groups is 12. The number of carboxylic acids is 2. The first-order chi connectivity index (χ1) is 35.3. The highest BCUT2D eigenvalue weighted by Gasteiger charge is 2.37. The van der Waals surface area contributed by atoms with E-state index in [1.54, 1.807) is 27.7 Å². The molecule has 416 valence electrons. The summed E-state index contributed by atoms with van der Waals surface area (Å²) in [4.78, 5) is 171. The Morgan fingerprint density at radius 3 is 1.41 bits per heavy atom. The number of primary amides is 2. The molecule has 2 aromatic heterocycles. The van der Waals surface area contributed by atoms with Gasteiger partial charge in [-0.15, -0.1) is 0 Å². The Labute approximate surface area is 441 Å². The minimum atomic E-state index is -1.86. The summed E-state index contributed by atoms with van der Waals surface area (Å²) in [6.45, 7) is 6.86. The van der Waals surface area contributed by atoms with Crippen molar-refractivity contribution in [3.63, 3.8) is 0 Å². The van der Waals surface area contributed by atoms with Crippen LogP contribution in [0.25, 0.3) is 0 Å². The van der Waals surface area contributed by atoms with Crippen LogP contribution in [0.15, 0.2) is 25.0 Å². The monoisotopic (exact) mass is 1100 g/mol. The number of imidazole rings is 2. The van der Waals surface area contributed by atoms with E-state index in [1.807, 2.05) is 0 Å². The lowest BCUT2D eigenvalue weighted by Gasteiger charge is -2.29. The number of carboxylic acid groups (broad SMARTS) is 2. The zero-order valence-electron chi connectivity index (χ0n) is 41.8. The molecule has 0 unspecified atom stereocenters. The molecule has 0 aliphatic carbocycles. The number of amides is 10. The summed E-state index contributed by atoms with van der Waals surface area (Å²) in [5.74, 6) is -13.8. The van der Waals surface area contributed by atoms with Crippen LogP contribution >= 0.6 is 25.3 Å². The average Bonchev–Trinajstić information content (AvgIpc) is 4.07. The van der Waals surface area contributed by atoms with E-state index in [-0.39, 0.29) is 42.4 Å². The van der Waals surface area contributed by atoms with Crippen LogP contribution in [0.4, 0.5) is 0 Å². The molecule has 75 heavy (non-hydrogen) atoms. The third kappa shape index (κ3) is 22.8. The van der Waals surface area contributed by atoms with E-state index in [2.05, 4.69) is 87.7 Å². The van der Waals surface area contributed by atoms with E-state index in [0.29, 0.717) is 12.1 Å². The molecule has 0 bridgehead atoms. The van der Waals surface area contributed by atoms with E-state index < -0.39 is 163 Å². The molecule has 10 amide bonds. The second kappa shape index (κ2) is 32.1. The van der Waals surface area contributed by atoms with Crippen LogP contribution in [0.2, 0.25) is 0 Å². The van der Waals surface area contributed by atoms with Gasteiger partial charge in [0.15, 0.2) is 0 Å². The average molecular weight is 1100 g/mol. The standard InChI is InChI=1S/C44H69N15O14S2/c1-5-21(4)35(43(71)58-31(17-75)42(70)57-30(44(72)73)10-20(2)3)59-41(69)28(12-23-15-49-19-51-23)55-40(68)29(13-33(47)61)56-39(67)27(11-22-14-48-18-50-22)54-38(66)26(7-9-34(62)63)53-37(65)25(6-8-32(46)60)52-36(64)24(45)16-74/h14-15,18-21,24-31,35,74-75H,5-13,16-17,45H2,1-4H3,(H2,46,60)(H2,47,61)(H,48,50)(H,49,51)(H,52,64)(H,53,65)(H,54,66)(H,55,68)(H,56,67)(H,57,70)(H,58,71)(H,59,69)(H,62,63)(H,72,73)/t21-,24-,25-,26-,27-,28-,29-,30-,31-,35-/m0/s1. The van der Waals surface area contributed by atoms with E-state index in [4.69, 9.17) is 17.2 Å². The fourth-order valence-corrected chi connectivity index (χ4v) is 7.40. The molecule has 18 N–H and O–H groups in total. The topological polar surface area (TPSA) is 477 Å². The van der Waals surface area contributed by atoms with Crippen LogP contribution in [0.1, 0.15) is 84.0 Å². The van der Waals surface area contributed by atoms with Crippen molar-refractivity contribution in [2.45, 2.75) is 140 Å². The van der Waals surface area contributed by atoms with Crippen LogP contribution in [0.3, 0.4) is 0 Å². The number of nitrogens with zero attached hydrogens (tertiary/aromatic N) is 2. The van der Waals surface area contributed by atoms with Crippen molar-refractivity contribution in [3.05, 3.63) is 36.4 Å². The van der Waals surface area contributed by atoms with Gasteiger partial charge in [0.2, 0.25) is 59.1 Å². The number of carbonyl (C=O) groups excluding carboxylic acids is 10. The van der Waals surface area contributed by atoms with Crippen molar-refractivity contribution in [2.24, 2.45) is 29.0 Å². The molecular weight excluding hydrogens is 1030 g/mol. The van der Waals surface area contributed by atoms with Gasteiger partial charge in [0.1, 0.15) is 48.3 Å². The number of aliphatic carboxylic acids is 2. The van der Waals surface area contributed by atoms with E-state index in [9.17, 15) is 67.7 Å². The van der Waals surface area contributed by atoms with Gasteiger partial charge in [-0.25, -0.2) is 14.8 Å². The minimum Gasteiger partial charge on any atom is -0.481 e. The lowest BCUT2D eigenvalue weighted by Crippen LogP contribution is -2.62. The van der Waals surface area contributed by atoms with Gasteiger partial charge in [-0.2, -0.15) is 25.3 Å². The van der Waals surface area contributed by atoms with Crippen molar-refractivity contribution < 1.29 is 67.7 Å². The number of thiol groups is 2. The number of nitrogens with two attached hydrogens (primary N) is 3. The van der Waals surface area contributed by atoms with E-state index in [0.717, 1.165) is 0 Å². The lowest BCUT2D eigenvalue weighted by atomic mass is 9.97. The fourth-order valence-electron chi connectivity index (χ4n) is 6.98. The maximum atomic E-state index is 14.2. The summed E-state index contributed by atoms with van der Waals surface area (Å²) in [5.41, 5.74) is 17.0. The predicted octanol–water partition coefficient (Wildman–Crippen LogP) is -4.83. The molecule has 0 aromatic carbocycles. The Hall–Kier alpha value is -7.28.